The average Bonchev–Trinajstić information content (AvgIpc) is 2.95. The van der Waals surface area contributed by atoms with Gasteiger partial charge in [-0.15, -0.1) is 11.3 Å². The van der Waals surface area contributed by atoms with E-state index < -0.39 is 0 Å². The highest BCUT2D eigenvalue weighted by atomic mass is 32.1. The minimum Gasteiger partial charge on any atom is -0.486 e. The summed E-state index contributed by atoms with van der Waals surface area (Å²) in [5.74, 6) is 1.61. The summed E-state index contributed by atoms with van der Waals surface area (Å²) in [6.07, 6.45) is 0.0142. The van der Waals surface area contributed by atoms with Crippen LogP contribution in [0.1, 0.15) is 9.75 Å². The fourth-order valence-corrected chi connectivity index (χ4v) is 2.83. The Bertz CT molecular complexity index is 633. The number of nitrogens with zero attached hydrogens (tertiary/aromatic N) is 1. The van der Waals surface area contributed by atoms with Crippen molar-refractivity contribution in [3.8, 4) is 17.6 Å². The number of benzene rings is 1. The zero-order valence-corrected chi connectivity index (χ0v) is 11.7. The third kappa shape index (κ3) is 2.93. The Morgan fingerprint density at radius 1 is 1.25 bits per heavy atom. The van der Waals surface area contributed by atoms with Crippen LogP contribution in [0.15, 0.2) is 36.4 Å². The Labute approximate surface area is 121 Å². The highest BCUT2D eigenvalue weighted by Crippen LogP contribution is 2.30. The van der Waals surface area contributed by atoms with Gasteiger partial charge in [0, 0.05) is 18.0 Å². The molecule has 1 unspecified atom stereocenters. The number of hydrogen-bond acceptors (Lipinski definition) is 5. The van der Waals surface area contributed by atoms with Crippen LogP contribution in [-0.2, 0) is 6.54 Å². The summed E-state index contributed by atoms with van der Waals surface area (Å²) in [6, 6.07) is 13.7. The molecule has 0 saturated heterocycles. The second kappa shape index (κ2) is 5.95. The molecule has 1 atom stereocenters. The summed E-state index contributed by atoms with van der Waals surface area (Å²) in [5, 5.41) is 12.1. The summed E-state index contributed by atoms with van der Waals surface area (Å²) < 4.78 is 11.5. The van der Waals surface area contributed by atoms with Crippen molar-refractivity contribution in [3.05, 3.63) is 46.2 Å². The van der Waals surface area contributed by atoms with Crippen molar-refractivity contribution in [1.82, 2.24) is 5.32 Å². The first-order valence-electron chi connectivity index (χ1n) is 6.43. The maximum atomic E-state index is 8.78. The summed E-state index contributed by atoms with van der Waals surface area (Å²) in [6.45, 7) is 2.01. The molecule has 2 heterocycles. The Balaban J connectivity index is 1.49. The van der Waals surface area contributed by atoms with E-state index in [2.05, 4.69) is 11.4 Å². The molecule has 20 heavy (non-hydrogen) atoms. The highest BCUT2D eigenvalue weighted by molar-refractivity contribution is 7.12. The van der Waals surface area contributed by atoms with Crippen LogP contribution in [0.25, 0.3) is 0 Å². The van der Waals surface area contributed by atoms with Crippen LogP contribution >= 0.6 is 11.3 Å². The molecule has 0 bridgehead atoms. The normalized spacial score (nSPS) is 16.6. The Morgan fingerprint density at radius 2 is 2.10 bits per heavy atom. The molecule has 0 amide bonds. The maximum absolute atomic E-state index is 8.78. The van der Waals surface area contributed by atoms with Gasteiger partial charge in [-0.25, -0.2) is 0 Å². The van der Waals surface area contributed by atoms with Crippen LogP contribution in [0, 0.1) is 11.3 Å². The largest absolute Gasteiger partial charge is 0.486 e. The van der Waals surface area contributed by atoms with Crippen LogP contribution in [0.3, 0.4) is 0 Å². The smallest absolute Gasteiger partial charge is 0.161 e. The molecule has 102 valence electrons. The number of hydrogen-bond donors (Lipinski definition) is 1. The number of nitriles is 1. The highest BCUT2D eigenvalue weighted by Gasteiger charge is 2.19. The van der Waals surface area contributed by atoms with Crippen molar-refractivity contribution in [2.45, 2.75) is 12.6 Å². The van der Waals surface area contributed by atoms with Crippen molar-refractivity contribution >= 4 is 11.3 Å². The summed E-state index contributed by atoms with van der Waals surface area (Å²) in [5.41, 5.74) is 0. The Morgan fingerprint density at radius 3 is 2.90 bits per heavy atom. The first kappa shape index (κ1) is 13.0. The third-order valence-corrected chi connectivity index (χ3v) is 4.00. The van der Waals surface area contributed by atoms with E-state index in [0.717, 1.165) is 27.8 Å². The van der Waals surface area contributed by atoms with Gasteiger partial charge in [0.05, 0.1) is 0 Å². The molecule has 1 N–H and O–H groups in total. The first-order chi connectivity index (χ1) is 9.85. The average molecular weight is 286 g/mol. The zero-order chi connectivity index (χ0) is 13.8. The molecular weight excluding hydrogens is 272 g/mol. The molecule has 0 spiro atoms. The van der Waals surface area contributed by atoms with Gasteiger partial charge >= 0.3 is 0 Å². The molecule has 1 aromatic heterocycles. The lowest BCUT2D eigenvalue weighted by atomic mass is 10.2. The van der Waals surface area contributed by atoms with Crippen LogP contribution < -0.4 is 14.8 Å². The van der Waals surface area contributed by atoms with Gasteiger partial charge in [-0.1, -0.05) is 12.1 Å². The molecule has 1 aliphatic rings. The predicted octanol–water partition coefficient (Wildman–Crippen LogP) is 2.55. The molecule has 3 rings (SSSR count). The molecule has 0 fully saturated rings. The van der Waals surface area contributed by atoms with Gasteiger partial charge < -0.3 is 14.8 Å². The molecule has 4 nitrogen and oxygen atoms in total. The number of nitrogens with one attached hydrogen (secondary N) is 1. The zero-order valence-electron chi connectivity index (χ0n) is 10.8. The van der Waals surface area contributed by atoms with Gasteiger partial charge in [0.2, 0.25) is 0 Å². The standard InChI is InChI=1S/C15H14N2O2S/c16-7-12-5-6-13(20-12)9-17-8-11-10-18-14-3-1-2-4-15(14)19-11/h1-6,11,17H,8-10H2. The number of thiophene rings is 1. The topological polar surface area (TPSA) is 54.3 Å². The van der Waals surface area contributed by atoms with E-state index in [-0.39, 0.29) is 6.10 Å². The number of rotatable bonds is 4. The maximum Gasteiger partial charge on any atom is 0.161 e. The van der Waals surface area contributed by atoms with Gasteiger partial charge in [0.15, 0.2) is 11.5 Å². The van der Waals surface area contributed by atoms with Gasteiger partial charge in [0.1, 0.15) is 23.7 Å². The second-order valence-electron chi connectivity index (χ2n) is 4.51. The van der Waals surface area contributed by atoms with E-state index in [0.29, 0.717) is 13.2 Å². The van der Waals surface area contributed by atoms with Crippen molar-refractivity contribution in [3.63, 3.8) is 0 Å². The summed E-state index contributed by atoms with van der Waals surface area (Å²) in [4.78, 5) is 1.90. The van der Waals surface area contributed by atoms with Crippen LogP contribution in [0.5, 0.6) is 11.5 Å². The molecule has 0 aliphatic carbocycles. The van der Waals surface area contributed by atoms with E-state index in [1.807, 2.05) is 36.4 Å². The fourth-order valence-electron chi connectivity index (χ4n) is 2.05. The second-order valence-corrected chi connectivity index (χ2v) is 5.67. The first-order valence-corrected chi connectivity index (χ1v) is 7.25. The van der Waals surface area contributed by atoms with Gasteiger partial charge in [0.25, 0.3) is 0 Å². The lowest BCUT2D eigenvalue weighted by Gasteiger charge is -2.26. The van der Waals surface area contributed by atoms with Crippen LogP contribution in [0.2, 0.25) is 0 Å². The molecular formula is C15H14N2O2S. The van der Waals surface area contributed by atoms with Gasteiger partial charge in [-0.05, 0) is 24.3 Å². The molecule has 1 aliphatic heterocycles. The van der Waals surface area contributed by atoms with E-state index in [1.54, 1.807) is 0 Å². The number of ether oxygens (including phenoxy) is 2. The summed E-state index contributed by atoms with van der Waals surface area (Å²) >= 11 is 1.51. The molecule has 0 radical (unpaired) electrons. The lowest BCUT2D eigenvalue weighted by molar-refractivity contribution is 0.0903. The van der Waals surface area contributed by atoms with E-state index in [1.165, 1.54) is 11.3 Å². The fraction of sp³-hybridized carbons (Fsp3) is 0.267. The van der Waals surface area contributed by atoms with Crippen LogP contribution in [-0.4, -0.2) is 19.3 Å². The van der Waals surface area contributed by atoms with E-state index in [4.69, 9.17) is 14.7 Å². The van der Waals surface area contributed by atoms with Crippen molar-refractivity contribution in [2.75, 3.05) is 13.2 Å². The third-order valence-electron chi connectivity index (χ3n) is 3.01. The minimum absolute atomic E-state index is 0.0142. The molecule has 1 aromatic carbocycles. The van der Waals surface area contributed by atoms with Crippen molar-refractivity contribution in [1.29, 1.82) is 5.26 Å². The van der Waals surface area contributed by atoms with E-state index >= 15 is 0 Å². The molecule has 5 heteroatoms. The predicted molar refractivity (Wildman–Crippen MR) is 77.1 cm³/mol. The Kier molecular flexibility index (Phi) is 3.86. The summed E-state index contributed by atoms with van der Waals surface area (Å²) in [7, 11) is 0. The van der Waals surface area contributed by atoms with Crippen molar-refractivity contribution in [2.24, 2.45) is 0 Å². The SMILES string of the molecule is N#Cc1ccc(CNCC2COc3ccccc3O2)s1. The van der Waals surface area contributed by atoms with Gasteiger partial charge in [-0.2, -0.15) is 5.26 Å². The van der Waals surface area contributed by atoms with Crippen LogP contribution in [0.4, 0.5) is 0 Å². The monoisotopic (exact) mass is 286 g/mol. The molecule has 2 aromatic rings. The number of fused-ring (bicyclic) bond motifs is 1. The molecule has 0 saturated carbocycles. The Hall–Kier alpha value is -2.03. The lowest BCUT2D eigenvalue weighted by Crippen LogP contribution is -2.38. The minimum atomic E-state index is 0.0142. The number of para-hydroxylation sites is 2. The van der Waals surface area contributed by atoms with Gasteiger partial charge in [-0.3, -0.25) is 0 Å². The van der Waals surface area contributed by atoms with Crippen molar-refractivity contribution < 1.29 is 9.47 Å². The van der Waals surface area contributed by atoms with E-state index in [9.17, 15) is 0 Å². The quantitative estimate of drug-likeness (QED) is 0.938.